The smallest absolute Gasteiger partial charge is 0.183 e. The number of aromatic nitrogens is 2. The number of Topliss-reactive ketones (excluding diaryl/α,β-unsaturated/α-hetero) is 1. The first-order valence-electron chi connectivity index (χ1n) is 3.06. The molecule has 0 bridgehead atoms. The van der Waals surface area contributed by atoms with E-state index in [1.54, 1.807) is 6.20 Å². The maximum Gasteiger partial charge on any atom is 0.183 e. The fraction of sp³-hybridized carbons (Fsp3) is 0.333. The summed E-state index contributed by atoms with van der Waals surface area (Å²) in [6, 6.07) is 0. The number of imidazole rings is 1. The van der Waals surface area contributed by atoms with Gasteiger partial charge in [-0.05, 0) is 6.54 Å². The van der Waals surface area contributed by atoms with Crippen LogP contribution in [-0.2, 0) is 0 Å². The average Bonchev–Trinajstić information content (AvgIpc) is 2.38. The number of carbonyl (C=O) groups is 1. The van der Waals surface area contributed by atoms with Crippen molar-refractivity contribution in [1.82, 2.24) is 9.97 Å². The summed E-state index contributed by atoms with van der Waals surface area (Å²) in [6.07, 6.45) is 3.41. The van der Waals surface area contributed by atoms with Crippen molar-refractivity contribution in [3.8, 4) is 0 Å². The van der Waals surface area contributed by atoms with E-state index in [9.17, 15) is 4.79 Å². The summed E-state index contributed by atoms with van der Waals surface area (Å²) in [4.78, 5) is 17.4. The largest absolute Gasteiger partial charge is 0.350 e. The van der Waals surface area contributed by atoms with Crippen LogP contribution >= 0.6 is 0 Å². The van der Waals surface area contributed by atoms with Crippen molar-refractivity contribution < 1.29 is 4.79 Å². The van der Waals surface area contributed by atoms with E-state index in [4.69, 9.17) is 5.73 Å². The molecule has 3 N–H and O–H groups in total. The highest BCUT2D eigenvalue weighted by molar-refractivity contribution is 5.94. The molecule has 0 atom stereocenters. The van der Waals surface area contributed by atoms with E-state index in [0.717, 1.165) is 0 Å². The second kappa shape index (κ2) is 3.12. The van der Waals surface area contributed by atoms with Gasteiger partial charge in [-0.15, -0.1) is 0 Å². The van der Waals surface area contributed by atoms with Gasteiger partial charge in [-0.3, -0.25) is 4.79 Å². The molecule has 1 aromatic rings. The fourth-order valence-electron chi connectivity index (χ4n) is 0.672. The summed E-state index contributed by atoms with van der Waals surface area (Å²) in [5, 5.41) is 0. The van der Waals surface area contributed by atoms with Crippen molar-refractivity contribution in [1.29, 1.82) is 0 Å². The highest BCUT2D eigenvalue weighted by Crippen LogP contribution is 1.94. The summed E-state index contributed by atoms with van der Waals surface area (Å²) in [7, 11) is 0. The van der Waals surface area contributed by atoms with Crippen LogP contribution in [0.1, 0.15) is 16.9 Å². The second-order valence-corrected chi connectivity index (χ2v) is 1.92. The number of rotatable bonds is 3. The minimum atomic E-state index is -0.0104. The van der Waals surface area contributed by atoms with E-state index < -0.39 is 0 Å². The number of nitrogens with zero attached hydrogens (tertiary/aromatic N) is 1. The van der Waals surface area contributed by atoms with Gasteiger partial charge >= 0.3 is 0 Å². The Bertz CT molecular complexity index is 205. The van der Waals surface area contributed by atoms with E-state index in [0.29, 0.717) is 18.7 Å². The molecule has 0 aliphatic carbocycles. The second-order valence-electron chi connectivity index (χ2n) is 1.92. The van der Waals surface area contributed by atoms with Crippen molar-refractivity contribution in [2.45, 2.75) is 6.42 Å². The van der Waals surface area contributed by atoms with Crippen molar-refractivity contribution >= 4 is 5.78 Å². The standard InChI is InChI=1S/C6H9N3O/c7-2-1-6(10)5-3-8-4-9-5/h3-4H,1-2,7H2,(H,8,9). The van der Waals surface area contributed by atoms with Crippen LogP contribution in [0, 0.1) is 0 Å². The Kier molecular flexibility index (Phi) is 2.17. The Morgan fingerprint density at radius 2 is 2.60 bits per heavy atom. The number of aromatic amines is 1. The van der Waals surface area contributed by atoms with Crippen LogP contribution < -0.4 is 5.73 Å². The lowest BCUT2D eigenvalue weighted by Crippen LogP contribution is -2.08. The van der Waals surface area contributed by atoms with Crippen LogP contribution in [0.4, 0.5) is 0 Å². The maximum absolute atomic E-state index is 10.9. The van der Waals surface area contributed by atoms with E-state index in [2.05, 4.69) is 9.97 Å². The fourth-order valence-corrected chi connectivity index (χ4v) is 0.672. The predicted octanol–water partition coefficient (Wildman–Crippen LogP) is -0.0588. The van der Waals surface area contributed by atoms with Gasteiger partial charge in [0.1, 0.15) is 5.69 Å². The van der Waals surface area contributed by atoms with Crippen LogP contribution in [0.3, 0.4) is 0 Å². The number of H-pyrrole nitrogens is 1. The first kappa shape index (κ1) is 6.95. The van der Waals surface area contributed by atoms with Gasteiger partial charge < -0.3 is 10.7 Å². The van der Waals surface area contributed by atoms with E-state index >= 15 is 0 Å². The zero-order valence-electron chi connectivity index (χ0n) is 5.50. The quantitative estimate of drug-likeness (QED) is 0.576. The van der Waals surface area contributed by atoms with E-state index in [1.165, 1.54) is 6.33 Å². The minimum Gasteiger partial charge on any atom is -0.350 e. The Morgan fingerprint density at radius 1 is 1.80 bits per heavy atom. The Balaban J connectivity index is 2.59. The molecule has 54 valence electrons. The zero-order chi connectivity index (χ0) is 7.40. The summed E-state index contributed by atoms with van der Waals surface area (Å²) in [5.74, 6) is -0.0104. The normalized spacial score (nSPS) is 9.70. The van der Waals surface area contributed by atoms with Crippen molar-refractivity contribution in [2.75, 3.05) is 6.54 Å². The molecular weight excluding hydrogens is 130 g/mol. The summed E-state index contributed by atoms with van der Waals surface area (Å²) >= 11 is 0. The monoisotopic (exact) mass is 139 g/mol. The van der Waals surface area contributed by atoms with Crippen LogP contribution in [-0.4, -0.2) is 22.3 Å². The molecule has 0 aliphatic heterocycles. The van der Waals surface area contributed by atoms with Crippen LogP contribution in [0.2, 0.25) is 0 Å². The van der Waals surface area contributed by atoms with Gasteiger partial charge in [-0.1, -0.05) is 0 Å². The molecular formula is C6H9N3O. The van der Waals surface area contributed by atoms with Gasteiger partial charge in [-0.25, -0.2) is 4.98 Å². The summed E-state index contributed by atoms with van der Waals surface area (Å²) in [6.45, 7) is 0.381. The average molecular weight is 139 g/mol. The van der Waals surface area contributed by atoms with Gasteiger partial charge in [0.25, 0.3) is 0 Å². The third-order valence-electron chi connectivity index (χ3n) is 1.16. The summed E-state index contributed by atoms with van der Waals surface area (Å²) in [5.41, 5.74) is 5.64. The van der Waals surface area contributed by atoms with E-state index in [1.807, 2.05) is 0 Å². The number of hydrogen-bond acceptors (Lipinski definition) is 3. The SMILES string of the molecule is NCCC(=O)c1c[nH]cn1. The van der Waals surface area contributed by atoms with Crippen molar-refractivity contribution in [3.05, 3.63) is 18.2 Å². The van der Waals surface area contributed by atoms with Crippen LogP contribution in [0.5, 0.6) is 0 Å². The molecule has 0 unspecified atom stereocenters. The lowest BCUT2D eigenvalue weighted by Gasteiger charge is -1.89. The molecule has 1 aromatic heterocycles. The molecule has 1 rings (SSSR count). The Labute approximate surface area is 58.5 Å². The number of hydrogen-bond donors (Lipinski definition) is 2. The minimum absolute atomic E-state index is 0.0104. The van der Waals surface area contributed by atoms with Gasteiger partial charge in [0.05, 0.1) is 6.33 Å². The van der Waals surface area contributed by atoms with Gasteiger partial charge in [-0.2, -0.15) is 0 Å². The Hall–Kier alpha value is -1.16. The number of carbonyl (C=O) groups excluding carboxylic acids is 1. The van der Waals surface area contributed by atoms with Crippen LogP contribution in [0.15, 0.2) is 12.5 Å². The number of nitrogens with two attached hydrogens (primary N) is 1. The zero-order valence-corrected chi connectivity index (χ0v) is 5.50. The highest BCUT2D eigenvalue weighted by atomic mass is 16.1. The molecule has 1 heterocycles. The number of ketones is 1. The molecule has 0 aromatic carbocycles. The molecule has 0 fully saturated rings. The topological polar surface area (TPSA) is 71.8 Å². The van der Waals surface area contributed by atoms with Gasteiger partial charge in [0.15, 0.2) is 5.78 Å². The third-order valence-corrected chi connectivity index (χ3v) is 1.16. The molecule has 0 aliphatic rings. The molecule has 0 saturated heterocycles. The first-order valence-corrected chi connectivity index (χ1v) is 3.06. The molecule has 0 spiro atoms. The van der Waals surface area contributed by atoms with Crippen molar-refractivity contribution in [3.63, 3.8) is 0 Å². The third kappa shape index (κ3) is 1.41. The van der Waals surface area contributed by atoms with Gasteiger partial charge in [0.2, 0.25) is 0 Å². The molecule has 10 heavy (non-hydrogen) atoms. The number of nitrogens with one attached hydrogen (secondary N) is 1. The molecule has 4 nitrogen and oxygen atoms in total. The Morgan fingerprint density at radius 3 is 3.10 bits per heavy atom. The van der Waals surface area contributed by atoms with Gasteiger partial charge in [0, 0.05) is 12.6 Å². The maximum atomic E-state index is 10.9. The molecule has 0 radical (unpaired) electrons. The lowest BCUT2D eigenvalue weighted by molar-refractivity contribution is 0.0981. The molecule has 4 heteroatoms. The lowest BCUT2D eigenvalue weighted by atomic mass is 10.2. The summed E-state index contributed by atoms with van der Waals surface area (Å²) < 4.78 is 0. The molecule has 0 amide bonds. The highest BCUT2D eigenvalue weighted by Gasteiger charge is 2.04. The van der Waals surface area contributed by atoms with Crippen LogP contribution in [0.25, 0.3) is 0 Å². The van der Waals surface area contributed by atoms with E-state index in [-0.39, 0.29) is 5.78 Å². The predicted molar refractivity (Wildman–Crippen MR) is 36.6 cm³/mol. The molecule has 0 saturated carbocycles. The first-order chi connectivity index (χ1) is 4.84. The van der Waals surface area contributed by atoms with Crippen molar-refractivity contribution in [2.24, 2.45) is 5.73 Å².